The van der Waals surface area contributed by atoms with E-state index in [2.05, 4.69) is 0 Å². The second-order valence-electron chi connectivity index (χ2n) is 2.00. The molecule has 0 aromatic heterocycles. The molecule has 0 amide bonds. The van der Waals surface area contributed by atoms with Gasteiger partial charge >= 0.3 is 5.97 Å². The average molecular weight is 144 g/mol. The summed E-state index contributed by atoms with van der Waals surface area (Å²) in [5, 5.41) is 16.8. The van der Waals surface area contributed by atoms with Crippen LogP contribution >= 0.6 is 0 Å². The van der Waals surface area contributed by atoms with E-state index in [-0.39, 0.29) is 0 Å². The van der Waals surface area contributed by atoms with E-state index < -0.39 is 12.1 Å². The van der Waals surface area contributed by atoms with Gasteiger partial charge in [-0.15, -0.1) is 0 Å². The lowest BCUT2D eigenvalue weighted by Gasteiger charge is -1.95. The van der Waals surface area contributed by atoms with Crippen molar-refractivity contribution in [3.8, 4) is 0 Å². The normalized spacial score (nSPS) is 13.8. The summed E-state index contributed by atoms with van der Waals surface area (Å²) >= 11 is 0. The predicted molar refractivity (Wildman–Crippen MR) is 37.7 cm³/mol. The number of carboxylic acid groups (broad SMARTS) is 1. The first kappa shape index (κ1) is 9.17. The van der Waals surface area contributed by atoms with E-state index >= 15 is 0 Å². The molecule has 0 aliphatic heterocycles. The van der Waals surface area contributed by atoms with Crippen molar-refractivity contribution in [1.82, 2.24) is 0 Å². The van der Waals surface area contributed by atoms with E-state index in [0.717, 1.165) is 12.8 Å². The average Bonchev–Trinajstić information content (AvgIpc) is 1.88. The van der Waals surface area contributed by atoms with Crippen LogP contribution in [-0.4, -0.2) is 22.3 Å². The molecule has 0 aliphatic rings. The van der Waals surface area contributed by atoms with Crippen molar-refractivity contribution in [3.63, 3.8) is 0 Å². The number of allylic oxidation sites excluding steroid dienone is 1. The molecule has 58 valence electrons. The molecule has 2 N–H and O–H groups in total. The number of aliphatic carboxylic acids is 1. The van der Waals surface area contributed by atoms with Crippen molar-refractivity contribution in [2.45, 2.75) is 25.9 Å². The quantitative estimate of drug-likeness (QED) is 0.573. The first-order chi connectivity index (χ1) is 4.68. The number of unbranched alkanes of at least 4 members (excludes halogenated alkanes) is 1. The van der Waals surface area contributed by atoms with Gasteiger partial charge in [-0.1, -0.05) is 19.4 Å². The number of hydrogen-bond donors (Lipinski definition) is 2. The fourth-order valence-corrected chi connectivity index (χ4v) is 0.474. The Labute approximate surface area is 60.0 Å². The molecule has 0 rings (SSSR count). The highest BCUT2D eigenvalue weighted by Crippen LogP contribution is 1.91. The number of aliphatic hydroxyl groups excluding tert-OH is 1. The first-order valence-electron chi connectivity index (χ1n) is 3.26. The highest BCUT2D eigenvalue weighted by molar-refractivity contribution is 5.74. The van der Waals surface area contributed by atoms with Gasteiger partial charge < -0.3 is 10.2 Å². The standard InChI is InChI=1S/C7H12O3/c1-2-3-4-5-6(8)7(9)10/h4-6,8H,2-3H2,1H3,(H,9,10)/b5-4+. The Bertz CT molecular complexity index is 129. The summed E-state index contributed by atoms with van der Waals surface area (Å²) in [6, 6.07) is 0. The van der Waals surface area contributed by atoms with Gasteiger partial charge in [0.15, 0.2) is 6.10 Å². The molecule has 0 bridgehead atoms. The lowest BCUT2D eigenvalue weighted by atomic mass is 10.2. The second-order valence-corrected chi connectivity index (χ2v) is 2.00. The van der Waals surface area contributed by atoms with E-state index in [9.17, 15) is 4.79 Å². The number of aliphatic hydroxyl groups is 1. The molecule has 1 atom stereocenters. The second kappa shape index (κ2) is 4.99. The predicted octanol–water partition coefficient (Wildman–Crippen LogP) is 0.788. The number of carbonyl (C=O) groups is 1. The molecule has 0 saturated carbocycles. The minimum atomic E-state index is -1.34. The smallest absolute Gasteiger partial charge is 0.336 e. The van der Waals surface area contributed by atoms with Crippen molar-refractivity contribution >= 4 is 5.97 Å². The van der Waals surface area contributed by atoms with Crippen molar-refractivity contribution in [3.05, 3.63) is 12.2 Å². The summed E-state index contributed by atoms with van der Waals surface area (Å²) in [5.74, 6) is -1.20. The van der Waals surface area contributed by atoms with Gasteiger partial charge in [0, 0.05) is 0 Å². The number of carboxylic acids is 1. The van der Waals surface area contributed by atoms with Gasteiger partial charge in [0.25, 0.3) is 0 Å². The van der Waals surface area contributed by atoms with Gasteiger partial charge in [-0.2, -0.15) is 0 Å². The molecule has 3 heteroatoms. The summed E-state index contributed by atoms with van der Waals surface area (Å²) in [7, 11) is 0. The van der Waals surface area contributed by atoms with E-state index in [0.29, 0.717) is 0 Å². The third-order valence-electron chi connectivity index (χ3n) is 1.03. The Hall–Kier alpha value is -0.830. The van der Waals surface area contributed by atoms with E-state index in [1.165, 1.54) is 6.08 Å². The van der Waals surface area contributed by atoms with Crippen molar-refractivity contribution in [2.75, 3.05) is 0 Å². The minimum Gasteiger partial charge on any atom is -0.479 e. The molecule has 1 unspecified atom stereocenters. The number of rotatable bonds is 4. The summed E-state index contributed by atoms with van der Waals surface area (Å²) in [6.07, 6.45) is 3.38. The number of hydrogen-bond acceptors (Lipinski definition) is 2. The van der Waals surface area contributed by atoms with Gasteiger partial charge in [-0.25, -0.2) is 4.79 Å². The summed E-state index contributed by atoms with van der Waals surface area (Å²) in [5.41, 5.74) is 0. The monoisotopic (exact) mass is 144 g/mol. The van der Waals surface area contributed by atoms with Crippen LogP contribution in [0.4, 0.5) is 0 Å². The van der Waals surface area contributed by atoms with Crippen molar-refractivity contribution < 1.29 is 15.0 Å². The lowest BCUT2D eigenvalue weighted by molar-refractivity contribution is -0.144. The SMILES string of the molecule is CCC/C=C/C(O)C(=O)O. The summed E-state index contributed by atoms with van der Waals surface area (Å²) < 4.78 is 0. The molecule has 0 radical (unpaired) electrons. The van der Waals surface area contributed by atoms with E-state index in [1.54, 1.807) is 6.08 Å². The van der Waals surface area contributed by atoms with Gasteiger partial charge in [-0.05, 0) is 12.5 Å². The maximum Gasteiger partial charge on any atom is 0.336 e. The van der Waals surface area contributed by atoms with Crippen LogP contribution < -0.4 is 0 Å². The summed E-state index contributed by atoms with van der Waals surface area (Å²) in [4.78, 5) is 9.99. The Kier molecular flexibility index (Phi) is 4.58. The van der Waals surface area contributed by atoms with Crippen molar-refractivity contribution in [1.29, 1.82) is 0 Å². The van der Waals surface area contributed by atoms with Crippen LogP contribution in [0.25, 0.3) is 0 Å². The van der Waals surface area contributed by atoms with E-state index in [1.807, 2.05) is 6.92 Å². The van der Waals surface area contributed by atoms with Crippen molar-refractivity contribution in [2.24, 2.45) is 0 Å². The van der Waals surface area contributed by atoms with Crippen LogP contribution in [0.5, 0.6) is 0 Å². The first-order valence-corrected chi connectivity index (χ1v) is 3.26. The molecule has 0 fully saturated rings. The zero-order valence-electron chi connectivity index (χ0n) is 5.95. The van der Waals surface area contributed by atoms with Gasteiger partial charge in [0.1, 0.15) is 0 Å². The van der Waals surface area contributed by atoms with Crippen LogP contribution in [0.1, 0.15) is 19.8 Å². The zero-order chi connectivity index (χ0) is 7.98. The Morgan fingerprint density at radius 3 is 2.70 bits per heavy atom. The van der Waals surface area contributed by atoms with Crippen LogP contribution in [0.2, 0.25) is 0 Å². The van der Waals surface area contributed by atoms with Crippen LogP contribution in [0.3, 0.4) is 0 Å². The molecule has 0 aromatic rings. The molecule has 3 nitrogen and oxygen atoms in total. The maximum atomic E-state index is 9.99. The highest BCUT2D eigenvalue weighted by Gasteiger charge is 2.06. The van der Waals surface area contributed by atoms with Crippen LogP contribution in [0, 0.1) is 0 Å². The van der Waals surface area contributed by atoms with Crippen LogP contribution in [0.15, 0.2) is 12.2 Å². The zero-order valence-corrected chi connectivity index (χ0v) is 5.95. The molecule has 0 heterocycles. The molecule has 10 heavy (non-hydrogen) atoms. The Balaban J connectivity index is 3.55. The van der Waals surface area contributed by atoms with Gasteiger partial charge in [-0.3, -0.25) is 0 Å². The largest absolute Gasteiger partial charge is 0.479 e. The van der Waals surface area contributed by atoms with Gasteiger partial charge in [0.2, 0.25) is 0 Å². The molecule has 0 spiro atoms. The van der Waals surface area contributed by atoms with Crippen LogP contribution in [-0.2, 0) is 4.79 Å². The molecule has 0 aromatic carbocycles. The third-order valence-corrected chi connectivity index (χ3v) is 1.03. The maximum absolute atomic E-state index is 9.99. The molecular formula is C7H12O3. The molecule has 0 saturated heterocycles. The third kappa shape index (κ3) is 4.09. The minimum absolute atomic E-state index is 0.810. The fourth-order valence-electron chi connectivity index (χ4n) is 0.474. The van der Waals surface area contributed by atoms with Gasteiger partial charge in [0.05, 0.1) is 0 Å². The fraction of sp³-hybridized carbons (Fsp3) is 0.571. The van der Waals surface area contributed by atoms with E-state index in [4.69, 9.17) is 10.2 Å². The highest BCUT2D eigenvalue weighted by atomic mass is 16.4. The topological polar surface area (TPSA) is 57.5 Å². The summed E-state index contributed by atoms with van der Waals surface area (Å²) in [6.45, 7) is 1.98. The molecule has 0 aliphatic carbocycles. The Morgan fingerprint density at radius 2 is 2.30 bits per heavy atom. The molecular weight excluding hydrogens is 132 g/mol. The lowest BCUT2D eigenvalue weighted by Crippen LogP contribution is -2.15. The Morgan fingerprint density at radius 1 is 1.70 bits per heavy atom.